The predicted octanol–water partition coefficient (Wildman–Crippen LogP) is -1.30. The van der Waals surface area contributed by atoms with Gasteiger partial charge in [-0.3, -0.25) is 9.69 Å². The molecule has 0 bridgehead atoms. The molecular weight excluding hydrogens is 192 g/mol. The Morgan fingerprint density at radius 1 is 1.47 bits per heavy atom. The molecule has 0 aliphatic carbocycles. The molecule has 1 heterocycles. The first-order valence-electron chi connectivity index (χ1n) is 5.49. The summed E-state index contributed by atoms with van der Waals surface area (Å²) < 4.78 is 0. The molecule has 88 valence electrons. The van der Waals surface area contributed by atoms with E-state index in [2.05, 4.69) is 29.2 Å². The second kappa shape index (κ2) is 6.05. The lowest BCUT2D eigenvalue weighted by molar-refractivity contribution is -0.121. The molecule has 0 aromatic heterocycles. The summed E-state index contributed by atoms with van der Waals surface area (Å²) in [7, 11) is 4.22. The summed E-state index contributed by atoms with van der Waals surface area (Å²) in [6.07, 6.45) is 0.423. The van der Waals surface area contributed by atoms with E-state index in [-0.39, 0.29) is 5.91 Å². The molecule has 5 heteroatoms. The summed E-state index contributed by atoms with van der Waals surface area (Å²) in [5, 5.41) is 2.92. The Morgan fingerprint density at radius 2 is 2.20 bits per heavy atom. The van der Waals surface area contributed by atoms with E-state index in [1.807, 2.05) is 0 Å². The maximum Gasteiger partial charge on any atom is 0.221 e. The molecule has 1 fully saturated rings. The van der Waals surface area contributed by atoms with Gasteiger partial charge in [0.05, 0.1) is 0 Å². The lowest BCUT2D eigenvalue weighted by Gasteiger charge is -2.37. The third-order valence-electron chi connectivity index (χ3n) is 2.89. The second-order valence-corrected chi connectivity index (χ2v) is 4.24. The summed E-state index contributed by atoms with van der Waals surface area (Å²) in [6, 6.07) is 0.422. The summed E-state index contributed by atoms with van der Waals surface area (Å²) in [4.78, 5) is 15.8. The van der Waals surface area contributed by atoms with Crippen LogP contribution in [-0.2, 0) is 4.79 Å². The highest BCUT2D eigenvalue weighted by Gasteiger charge is 2.22. The fraction of sp³-hybridized carbons (Fsp3) is 0.900. The number of carbonyl (C=O) groups is 1. The molecule has 0 saturated carbocycles. The Bertz CT molecular complexity index is 210. The van der Waals surface area contributed by atoms with Gasteiger partial charge < -0.3 is 16.0 Å². The van der Waals surface area contributed by atoms with E-state index in [1.165, 1.54) is 0 Å². The van der Waals surface area contributed by atoms with Gasteiger partial charge in [0.15, 0.2) is 0 Å². The van der Waals surface area contributed by atoms with Gasteiger partial charge in [-0.15, -0.1) is 0 Å². The molecule has 1 aliphatic heterocycles. The number of carbonyl (C=O) groups excluding carboxylic acids is 1. The van der Waals surface area contributed by atoms with Crippen LogP contribution in [0.4, 0.5) is 0 Å². The van der Waals surface area contributed by atoms with Crippen LogP contribution in [0.3, 0.4) is 0 Å². The Kier molecular flexibility index (Phi) is 5.01. The summed E-state index contributed by atoms with van der Waals surface area (Å²) >= 11 is 0. The van der Waals surface area contributed by atoms with Crippen molar-refractivity contribution in [2.75, 3.05) is 46.8 Å². The molecule has 1 unspecified atom stereocenters. The van der Waals surface area contributed by atoms with Gasteiger partial charge in [0.1, 0.15) is 0 Å². The van der Waals surface area contributed by atoms with E-state index in [4.69, 9.17) is 5.73 Å². The molecule has 0 radical (unpaired) electrons. The predicted molar refractivity (Wildman–Crippen MR) is 60.6 cm³/mol. The molecule has 0 aromatic rings. The Hall–Kier alpha value is -0.650. The van der Waals surface area contributed by atoms with Crippen molar-refractivity contribution in [1.82, 2.24) is 15.1 Å². The van der Waals surface area contributed by atoms with Crippen molar-refractivity contribution < 1.29 is 4.79 Å². The zero-order valence-electron chi connectivity index (χ0n) is 9.70. The molecule has 1 rings (SSSR count). The van der Waals surface area contributed by atoms with Crippen LogP contribution in [0.15, 0.2) is 0 Å². The van der Waals surface area contributed by atoms with Gasteiger partial charge in [0.25, 0.3) is 0 Å². The van der Waals surface area contributed by atoms with E-state index < -0.39 is 0 Å². The standard InChI is InChI=1S/C10H22N4O/c1-13-5-6-14(2)9(8-13)7-12-10(15)3-4-11/h9H,3-8,11H2,1-2H3,(H,12,15). The molecule has 5 nitrogen and oxygen atoms in total. The summed E-state index contributed by atoms with van der Waals surface area (Å²) in [5.41, 5.74) is 5.31. The van der Waals surface area contributed by atoms with Crippen LogP contribution in [0.25, 0.3) is 0 Å². The Morgan fingerprint density at radius 3 is 2.87 bits per heavy atom. The highest BCUT2D eigenvalue weighted by molar-refractivity contribution is 5.76. The van der Waals surface area contributed by atoms with Crippen molar-refractivity contribution >= 4 is 5.91 Å². The maximum absolute atomic E-state index is 11.3. The Balaban J connectivity index is 2.27. The summed E-state index contributed by atoms with van der Waals surface area (Å²) in [6.45, 7) is 4.32. The monoisotopic (exact) mass is 214 g/mol. The first kappa shape index (κ1) is 12.4. The minimum atomic E-state index is 0.0547. The smallest absolute Gasteiger partial charge is 0.221 e. The van der Waals surface area contributed by atoms with Gasteiger partial charge in [0.2, 0.25) is 5.91 Å². The molecule has 1 aliphatic rings. The SMILES string of the molecule is CN1CCN(C)C(CNC(=O)CCN)C1. The second-order valence-electron chi connectivity index (χ2n) is 4.24. The van der Waals surface area contributed by atoms with E-state index in [1.54, 1.807) is 0 Å². The minimum Gasteiger partial charge on any atom is -0.354 e. The fourth-order valence-corrected chi connectivity index (χ4v) is 1.77. The zero-order valence-corrected chi connectivity index (χ0v) is 9.70. The van der Waals surface area contributed by atoms with Crippen LogP contribution in [0.2, 0.25) is 0 Å². The maximum atomic E-state index is 11.3. The number of nitrogens with zero attached hydrogens (tertiary/aromatic N) is 2. The van der Waals surface area contributed by atoms with Gasteiger partial charge in [-0.25, -0.2) is 0 Å². The van der Waals surface area contributed by atoms with Gasteiger partial charge in [-0.05, 0) is 14.1 Å². The molecule has 1 atom stereocenters. The molecule has 1 amide bonds. The van der Waals surface area contributed by atoms with Crippen molar-refractivity contribution in [3.63, 3.8) is 0 Å². The van der Waals surface area contributed by atoms with Crippen LogP contribution in [0, 0.1) is 0 Å². The molecular formula is C10H22N4O. The van der Waals surface area contributed by atoms with Crippen LogP contribution < -0.4 is 11.1 Å². The number of hydrogen-bond acceptors (Lipinski definition) is 4. The van der Waals surface area contributed by atoms with Gasteiger partial charge in [0, 0.05) is 45.2 Å². The van der Waals surface area contributed by atoms with Crippen LogP contribution in [0.1, 0.15) is 6.42 Å². The number of rotatable bonds is 4. The molecule has 3 N–H and O–H groups in total. The van der Waals surface area contributed by atoms with Crippen LogP contribution in [0.5, 0.6) is 0 Å². The normalized spacial score (nSPS) is 24.1. The third kappa shape index (κ3) is 4.15. The van der Waals surface area contributed by atoms with E-state index in [0.717, 1.165) is 26.2 Å². The van der Waals surface area contributed by atoms with Gasteiger partial charge in [-0.2, -0.15) is 0 Å². The average molecular weight is 214 g/mol. The van der Waals surface area contributed by atoms with E-state index >= 15 is 0 Å². The first-order valence-corrected chi connectivity index (χ1v) is 5.49. The quantitative estimate of drug-likeness (QED) is 0.610. The highest BCUT2D eigenvalue weighted by atomic mass is 16.1. The fourth-order valence-electron chi connectivity index (χ4n) is 1.77. The Labute approximate surface area is 91.6 Å². The molecule has 15 heavy (non-hydrogen) atoms. The number of nitrogens with one attached hydrogen (secondary N) is 1. The summed E-state index contributed by atoms with van der Waals surface area (Å²) in [5.74, 6) is 0.0547. The number of likely N-dealkylation sites (N-methyl/N-ethyl adjacent to an activating group) is 2. The third-order valence-corrected chi connectivity index (χ3v) is 2.89. The lowest BCUT2D eigenvalue weighted by Crippen LogP contribution is -2.54. The van der Waals surface area contributed by atoms with Gasteiger partial charge in [-0.1, -0.05) is 0 Å². The molecule has 1 saturated heterocycles. The van der Waals surface area contributed by atoms with Crippen molar-refractivity contribution in [3.05, 3.63) is 0 Å². The highest BCUT2D eigenvalue weighted by Crippen LogP contribution is 2.04. The zero-order chi connectivity index (χ0) is 11.3. The number of hydrogen-bond donors (Lipinski definition) is 2. The van der Waals surface area contributed by atoms with E-state index in [0.29, 0.717) is 19.0 Å². The largest absolute Gasteiger partial charge is 0.354 e. The van der Waals surface area contributed by atoms with Crippen molar-refractivity contribution in [2.24, 2.45) is 5.73 Å². The number of piperazine rings is 1. The van der Waals surface area contributed by atoms with Crippen molar-refractivity contribution in [1.29, 1.82) is 0 Å². The van der Waals surface area contributed by atoms with Crippen molar-refractivity contribution in [3.8, 4) is 0 Å². The number of nitrogens with two attached hydrogens (primary N) is 1. The molecule has 0 aromatic carbocycles. The van der Waals surface area contributed by atoms with Gasteiger partial charge >= 0.3 is 0 Å². The van der Waals surface area contributed by atoms with Crippen molar-refractivity contribution in [2.45, 2.75) is 12.5 Å². The topological polar surface area (TPSA) is 61.6 Å². The lowest BCUT2D eigenvalue weighted by atomic mass is 10.2. The minimum absolute atomic E-state index is 0.0547. The van der Waals surface area contributed by atoms with Crippen LogP contribution in [-0.4, -0.2) is 68.6 Å². The molecule has 0 spiro atoms. The first-order chi connectivity index (χ1) is 7.13. The average Bonchev–Trinajstić information content (AvgIpc) is 2.20. The van der Waals surface area contributed by atoms with Crippen LogP contribution >= 0.6 is 0 Å². The number of amides is 1. The van der Waals surface area contributed by atoms with E-state index in [9.17, 15) is 4.79 Å².